The lowest BCUT2D eigenvalue weighted by molar-refractivity contribution is -0.140. The minimum absolute atomic E-state index is 0.0208. The predicted molar refractivity (Wildman–Crippen MR) is 252 cm³/mol. The van der Waals surface area contributed by atoms with E-state index in [0.29, 0.717) is 19.4 Å². The van der Waals surface area contributed by atoms with Crippen molar-refractivity contribution in [2.75, 3.05) is 25.2 Å². The number of aromatic nitrogens is 2. The van der Waals surface area contributed by atoms with Gasteiger partial charge in [-0.25, -0.2) is 0 Å². The van der Waals surface area contributed by atoms with Gasteiger partial charge in [0.2, 0.25) is 0 Å². The average Bonchev–Trinajstić information content (AvgIpc) is 4.00. The van der Waals surface area contributed by atoms with Crippen molar-refractivity contribution in [1.29, 1.82) is 0 Å². The second-order valence-electron chi connectivity index (χ2n) is 15.0. The van der Waals surface area contributed by atoms with Gasteiger partial charge in [0.05, 0.1) is 6.61 Å². The second-order valence-corrected chi connectivity index (χ2v) is 15.9. The summed E-state index contributed by atoms with van der Waals surface area (Å²) in [6.45, 7) is 4.41. The van der Waals surface area contributed by atoms with Gasteiger partial charge in [-0.2, -0.15) is 11.8 Å². The van der Waals surface area contributed by atoms with Crippen LogP contribution < -0.4 is 33.6 Å². The summed E-state index contributed by atoms with van der Waals surface area (Å²) in [5.74, 6) is -4.62. The molecule has 22 nitrogen and oxygen atoms in total. The maximum atomic E-state index is 11.5. The molecule has 0 amide bonds. The summed E-state index contributed by atoms with van der Waals surface area (Å²) in [4.78, 5) is 68.9. The van der Waals surface area contributed by atoms with E-state index in [1.165, 1.54) is 12.1 Å². The van der Waals surface area contributed by atoms with Crippen molar-refractivity contribution in [3.63, 3.8) is 0 Å². The molecule has 1 aliphatic heterocycles. The van der Waals surface area contributed by atoms with Crippen molar-refractivity contribution in [2.24, 2.45) is 28.9 Å². The third-order valence-electron chi connectivity index (χ3n) is 9.23. The van der Waals surface area contributed by atoms with Crippen LogP contribution in [0.3, 0.4) is 0 Å². The van der Waals surface area contributed by atoms with E-state index >= 15 is 0 Å². The zero-order valence-electron chi connectivity index (χ0n) is 37.6. The zero-order valence-corrected chi connectivity index (χ0v) is 38.4. The van der Waals surface area contributed by atoms with Crippen LogP contribution in [0.1, 0.15) is 49.8 Å². The molecular weight excluding hydrogens is 897 g/mol. The largest absolute Gasteiger partial charge is 0.508 e. The molecule has 23 heteroatoms. The molecule has 0 spiro atoms. The fraction of sp³-hybridized carbons (Fsp3) is 0.432. The standard InChI is InChI=1S/C17H17N3O2.C9H11NO3.C5H11NO2S.C5H9NO2.C5H11NO2.C3H7NO3/c21-17(22)16(19-10-12-5-7-18-8-6-12)9-13-11-20-15-4-2-1-3-14(13)15;10-8(9(12)13)5-6-1-3-7(11)4-2-6;1-9-3-2-4(6)5(7)8;7-5(8)4-2-1-3-6-4;1-3(2)4(6)5(7)8;4-2(1-5)3(6)7/h1-8,11,16,19-20H,9-10H2,(H,21,22);1-4,8,11H,5,10H2,(H,12,13);4H,2-3,6H2,1H3,(H,7,8);4,6H,1-3H2,(H,7,8);3-4H,6H2,1-2H3,(H,7,8);2,5H,1,4H2,(H,6,7)/t16-;8-;3*4-;2-/m000000/s1. The monoisotopic (exact) mass is 962 g/mol. The van der Waals surface area contributed by atoms with Gasteiger partial charge < -0.3 is 79.4 Å². The SMILES string of the molecule is CC(C)[C@H](N)C(=O)O.CSCC[C@H](N)C(=O)O.N[C@@H](CO)C(=O)O.N[C@@H](Cc1ccc(O)cc1)C(=O)O.O=C(O)[C@@H]1CCCN1.O=C(O)[C@H](Cc1c[nH]c2ccccc12)NCc1ccncc1. The van der Waals surface area contributed by atoms with E-state index in [9.17, 15) is 33.9 Å². The van der Waals surface area contributed by atoms with Crippen LogP contribution in [0.25, 0.3) is 10.9 Å². The van der Waals surface area contributed by atoms with Gasteiger partial charge >= 0.3 is 35.8 Å². The van der Waals surface area contributed by atoms with Gasteiger partial charge in [-0.05, 0) is 97.2 Å². The molecule has 19 N–H and O–H groups in total. The Morgan fingerprint density at radius 1 is 0.761 bits per heavy atom. The number of phenolic OH excluding ortho intramolecular Hbond substituents is 1. The number of rotatable bonds is 18. The summed E-state index contributed by atoms with van der Waals surface area (Å²) in [6.07, 6.45) is 10.3. The Labute approximate surface area is 392 Å². The number of hydrogen-bond donors (Lipinski definition) is 15. The third-order valence-corrected chi connectivity index (χ3v) is 9.88. The Hall–Kier alpha value is -6.18. The van der Waals surface area contributed by atoms with Crippen molar-refractivity contribution >= 4 is 58.5 Å². The van der Waals surface area contributed by atoms with E-state index in [1.54, 1.807) is 50.1 Å². The van der Waals surface area contributed by atoms with Crippen molar-refractivity contribution < 1.29 is 69.6 Å². The summed E-state index contributed by atoms with van der Waals surface area (Å²) in [5.41, 5.74) is 24.3. The van der Waals surface area contributed by atoms with Crippen LogP contribution in [0, 0.1) is 5.92 Å². The molecule has 1 aliphatic rings. The van der Waals surface area contributed by atoms with Gasteiger partial charge in [0, 0.05) is 42.5 Å². The first kappa shape index (κ1) is 60.8. The normalized spacial score (nSPS) is 14.7. The number of fused-ring (bicyclic) bond motifs is 1. The molecule has 0 bridgehead atoms. The van der Waals surface area contributed by atoms with Crippen LogP contribution in [0.2, 0.25) is 0 Å². The number of carbonyl (C=O) groups is 6. The zero-order chi connectivity index (χ0) is 51.1. The lowest BCUT2D eigenvalue weighted by Gasteiger charge is -2.14. The molecule has 0 unspecified atom stereocenters. The van der Waals surface area contributed by atoms with Gasteiger partial charge in [0.1, 0.15) is 42.0 Å². The highest BCUT2D eigenvalue weighted by Gasteiger charge is 2.21. The number of thioether (sulfide) groups is 1. The van der Waals surface area contributed by atoms with Crippen molar-refractivity contribution in [1.82, 2.24) is 20.6 Å². The Balaban J connectivity index is 0.000000836. The molecule has 0 radical (unpaired) electrons. The van der Waals surface area contributed by atoms with Crippen LogP contribution in [-0.2, 0) is 48.2 Å². The number of nitrogens with zero attached hydrogens (tertiary/aromatic N) is 1. The fourth-order valence-electron chi connectivity index (χ4n) is 5.11. The van der Waals surface area contributed by atoms with Gasteiger partial charge in [0.15, 0.2) is 0 Å². The molecule has 0 saturated carbocycles. The second kappa shape index (κ2) is 34.2. The topological polar surface area (TPSA) is 421 Å². The molecule has 0 aliphatic carbocycles. The predicted octanol–water partition coefficient (Wildman–Crippen LogP) is 1.11. The van der Waals surface area contributed by atoms with E-state index in [-0.39, 0.29) is 24.1 Å². The number of benzene rings is 2. The van der Waals surface area contributed by atoms with Gasteiger partial charge in [-0.15, -0.1) is 0 Å². The minimum atomic E-state index is -1.18. The van der Waals surface area contributed by atoms with E-state index in [4.69, 9.17) is 58.7 Å². The number of pyridine rings is 1. The lowest BCUT2D eigenvalue weighted by Crippen LogP contribution is -2.38. The number of aliphatic carboxylic acids is 6. The molecule has 3 heterocycles. The molecule has 372 valence electrons. The van der Waals surface area contributed by atoms with Crippen molar-refractivity contribution in [2.45, 2.75) is 88.7 Å². The van der Waals surface area contributed by atoms with Crippen molar-refractivity contribution in [3.8, 4) is 5.75 Å². The number of H-pyrrole nitrogens is 1. The first-order chi connectivity index (χ1) is 31.5. The van der Waals surface area contributed by atoms with Crippen LogP contribution in [-0.4, -0.2) is 148 Å². The molecule has 6 atom stereocenters. The Kier molecular flexibility index (Phi) is 31.0. The lowest BCUT2D eigenvalue weighted by atomic mass is 10.0. The number of hydrogen-bond acceptors (Lipinski definition) is 16. The van der Waals surface area contributed by atoms with Gasteiger partial charge in [-0.1, -0.05) is 44.2 Å². The summed E-state index contributed by atoms with van der Waals surface area (Å²) in [6, 6.07) is 13.7. The number of aromatic amines is 1. The molecule has 1 saturated heterocycles. The van der Waals surface area contributed by atoms with Crippen LogP contribution in [0.5, 0.6) is 5.75 Å². The molecule has 2 aromatic heterocycles. The van der Waals surface area contributed by atoms with Crippen molar-refractivity contribution in [3.05, 3.63) is 95.9 Å². The van der Waals surface area contributed by atoms with Gasteiger partial charge in [0.25, 0.3) is 0 Å². The highest BCUT2D eigenvalue weighted by atomic mass is 32.2. The summed E-state index contributed by atoms with van der Waals surface area (Å²) in [7, 11) is 0. The highest BCUT2D eigenvalue weighted by molar-refractivity contribution is 7.98. The summed E-state index contributed by atoms with van der Waals surface area (Å²) < 4.78 is 0. The number of para-hydroxylation sites is 1. The minimum Gasteiger partial charge on any atom is -0.508 e. The van der Waals surface area contributed by atoms with Crippen LogP contribution in [0.4, 0.5) is 0 Å². The number of nitrogens with two attached hydrogens (primary N) is 4. The van der Waals surface area contributed by atoms with E-state index < -0.39 is 72.6 Å². The number of carboxylic acid groups (broad SMARTS) is 6. The number of nitrogens with one attached hydrogen (secondary N) is 3. The summed E-state index contributed by atoms with van der Waals surface area (Å²) in [5, 5.41) is 74.7. The Bertz CT molecular complexity index is 2040. The molecule has 1 fully saturated rings. The highest BCUT2D eigenvalue weighted by Crippen LogP contribution is 2.19. The van der Waals surface area contributed by atoms with Gasteiger partial charge in [-0.3, -0.25) is 33.8 Å². The number of aromatic hydroxyl groups is 1. The van der Waals surface area contributed by atoms with E-state index in [2.05, 4.69) is 20.6 Å². The summed E-state index contributed by atoms with van der Waals surface area (Å²) >= 11 is 1.60. The average molecular weight is 963 g/mol. The fourth-order valence-corrected chi connectivity index (χ4v) is 5.60. The van der Waals surface area contributed by atoms with E-state index in [0.717, 1.165) is 52.7 Å². The molecule has 5 rings (SSSR count). The maximum absolute atomic E-state index is 11.5. The quantitative estimate of drug-likeness (QED) is 0.0664. The number of aliphatic hydroxyl groups excluding tert-OH is 1. The molecule has 67 heavy (non-hydrogen) atoms. The first-order valence-electron chi connectivity index (χ1n) is 20.7. The number of aliphatic hydroxyl groups is 1. The third kappa shape index (κ3) is 27.2. The molecule has 2 aromatic carbocycles. The molecule has 4 aromatic rings. The number of phenols is 1. The molecular formula is C44H66N8O14S. The van der Waals surface area contributed by atoms with E-state index in [1.807, 2.05) is 48.9 Å². The van der Waals surface area contributed by atoms with Crippen LogP contribution in [0.15, 0.2) is 79.3 Å². The first-order valence-corrected chi connectivity index (χ1v) is 22.1. The van der Waals surface area contributed by atoms with Crippen LogP contribution >= 0.6 is 11.8 Å². The Morgan fingerprint density at radius 3 is 1.76 bits per heavy atom. The smallest absolute Gasteiger partial charge is 0.322 e. The number of carboxylic acids is 6. The maximum Gasteiger partial charge on any atom is 0.322 e. The Morgan fingerprint density at radius 2 is 1.34 bits per heavy atom.